The van der Waals surface area contributed by atoms with Gasteiger partial charge < -0.3 is 15.8 Å². The summed E-state index contributed by atoms with van der Waals surface area (Å²) in [6.07, 6.45) is 0.400. The second-order valence-corrected chi connectivity index (χ2v) is 5.80. The summed E-state index contributed by atoms with van der Waals surface area (Å²) in [6, 6.07) is 13.1. The molecule has 2 rings (SSSR count). The molecule has 25 heavy (non-hydrogen) atoms. The molecule has 5 nitrogen and oxygen atoms in total. The first-order chi connectivity index (χ1) is 11.9. The van der Waals surface area contributed by atoms with Crippen molar-refractivity contribution in [3.8, 4) is 5.75 Å². The highest BCUT2D eigenvalue weighted by Crippen LogP contribution is 2.21. The molecule has 6 heteroatoms. The molecule has 0 aliphatic carbocycles. The van der Waals surface area contributed by atoms with Crippen LogP contribution in [-0.4, -0.2) is 18.4 Å². The molecule has 0 radical (unpaired) electrons. The fraction of sp³-hybridized carbons (Fsp3) is 0.263. The van der Waals surface area contributed by atoms with E-state index in [1.807, 2.05) is 6.92 Å². The Morgan fingerprint density at radius 3 is 2.56 bits per heavy atom. The third-order valence-corrected chi connectivity index (χ3v) is 3.66. The Morgan fingerprint density at radius 2 is 1.92 bits per heavy atom. The van der Waals surface area contributed by atoms with Crippen LogP contribution in [0.5, 0.6) is 5.75 Å². The number of hydrogen-bond acceptors (Lipinski definition) is 3. The molecule has 132 valence electrons. The van der Waals surface area contributed by atoms with Crippen LogP contribution >= 0.6 is 0 Å². The lowest BCUT2D eigenvalue weighted by Gasteiger charge is -2.12. The molecule has 0 aromatic heterocycles. The largest absolute Gasteiger partial charge is 0.493 e. The van der Waals surface area contributed by atoms with Crippen LogP contribution in [0.2, 0.25) is 0 Å². The average molecular weight is 344 g/mol. The molecular formula is C19H21FN2O3. The zero-order valence-electron chi connectivity index (χ0n) is 14.0. The van der Waals surface area contributed by atoms with Crippen molar-refractivity contribution in [3.05, 3.63) is 59.9 Å². The van der Waals surface area contributed by atoms with Gasteiger partial charge in [0.25, 0.3) is 0 Å². The number of benzene rings is 2. The van der Waals surface area contributed by atoms with E-state index in [0.29, 0.717) is 11.4 Å². The third kappa shape index (κ3) is 6.25. The van der Waals surface area contributed by atoms with Crippen LogP contribution in [0.15, 0.2) is 48.5 Å². The first kappa shape index (κ1) is 18.4. The summed E-state index contributed by atoms with van der Waals surface area (Å²) in [6.45, 7) is 2.09. The van der Waals surface area contributed by atoms with Crippen molar-refractivity contribution in [1.82, 2.24) is 0 Å². The predicted octanol–water partition coefficient (Wildman–Crippen LogP) is 3.21. The number of nitrogens with two attached hydrogens (primary N) is 1. The van der Waals surface area contributed by atoms with Crippen LogP contribution in [0.25, 0.3) is 0 Å². The third-order valence-electron chi connectivity index (χ3n) is 3.66. The summed E-state index contributed by atoms with van der Waals surface area (Å²) in [5.74, 6) is -0.383. The van der Waals surface area contributed by atoms with Gasteiger partial charge in [-0.25, -0.2) is 4.39 Å². The van der Waals surface area contributed by atoms with Gasteiger partial charge in [-0.3, -0.25) is 9.59 Å². The zero-order valence-corrected chi connectivity index (χ0v) is 14.0. The van der Waals surface area contributed by atoms with Gasteiger partial charge in [-0.1, -0.05) is 19.1 Å². The Bertz CT molecular complexity index is 732. The Morgan fingerprint density at radius 1 is 1.20 bits per heavy atom. The van der Waals surface area contributed by atoms with Gasteiger partial charge in [0.2, 0.25) is 11.8 Å². The lowest BCUT2D eigenvalue weighted by molar-refractivity contribution is -0.118. The molecule has 2 amide bonds. The Hall–Kier alpha value is -2.89. The zero-order chi connectivity index (χ0) is 18.2. The lowest BCUT2D eigenvalue weighted by atomic mass is 9.97. The summed E-state index contributed by atoms with van der Waals surface area (Å²) in [4.78, 5) is 22.8. The predicted molar refractivity (Wildman–Crippen MR) is 93.8 cm³/mol. The summed E-state index contributed by atoms with van der Waals surface area (Å²) in [5, 5.41) is 2.80. The molecule has 1 atom stereocenters. The maximum absolute atomic E-state index is 13.2. The van der Waals surface area contributed by atoms with Crippen LogP contribution < -0.4 is 15.8 Å². The highest BCUT2D eigenvalue weighted by Gasteiger charge is 2.12. The maximum Gasteiger partial charge on any atom is 0.224 e. The van der Waals surface area contributed by atoms with Crippen molar-refractivity contribution in [1.29, 1.82) is 0 Å². The quantitative estimate of drug-likeness (QED) is 0.771. The second-order valence-electron chi connectivity index (χ2n) is 5.80. The van der Waals surface area contributed by atoms with Gasteiger partial charge in [0.1, 0.15) is 11.6 Å². The van der Waals surface area contributed by atoms with E-state index in [-0.39, 0.29) is 37.1 Å². The molecule has 0 saturated carbocycles. The van der Waals surface area contributed by atoms with Gasteiger partial charge >= 0.3 is 0 Å². The fourth-order valence-corrected chi connectivity index (χ4v) is 2.33. The van der Waals surface area contributed by atoms with Gasteiger partial charge in [0, 0.05) is 12.1 Å². The van der Waals surface area contributed by atoms with Gasteiger partial charge in [0.05, 0.1) is 13.0 Å². The molecule has 0 fully saturated rings. The van der Waals surface area contributed by atoms with Gasteiger partial charge in [0.15, 0.2) is 0 Å². The standard InChI is InChI=1S/C19H21FN2O3/c1-13(14-3-2-4-15(20)12-14)11-19(24)22-16-5-7-17(8-6-16)25-10-9-18(21)23/h2-8,12-13H,9-11H2,1H3,(H2,21,23)(H,22,24)/t13-/m1/s1. The minimum atomic E-state index is -0.420. The van der Waals surface area contributed by atoms with E-state index in [0.717, 1.165) is 5.56 Å². The summed E-state index contributed by atoms with van der Waals surface area (Å²) < 4.78 is 18.6. The van der Waals surface area contributed by atoms with E-state index in [9.17, 15) is 14.0 Å². The Balaban J connectivity index is 1.84. The van der Waals surface area contributed by atoms with Crippen LogP contribution in [0.1, 0.15) is 31.2 Å². The summed E-state index contributed by atoms with van der Waals surface area (Å²) >= 11 is 0. The molecule has 0 bridgehead atoms. The van der Waals surface area contributed by atoms with E-state index in [2.05, 4.69) is 5.32 Å². The Labute approximate surface area is 146 Å². The lowest BCUT2D eigenvalue weighted by Crippen LogP contribution is -2.15. The monoisotopic (exact) mass is 344 g/mol. The topological polar surface area (TPSA) is 81.4 Å². The SMILES string of the molecule is C[C@H](CC(=O)Nc1ccc(OCCC(N)=O)cc1)c1cccc(F)c1. The summed E-state index contributed by atoms with van der Waals surface area (Å²) in [5.41, 5.74) is 6.46. The molecule has 2 aromatic rings. The molecule has 0 heterocycles. The van der Waals surface area contributed by atoms with Gasteiger partial charge in [-0.2, -0.15) is 0 Å². The molecule has 0 unspecified atom stereocenters. The number of carbonyl (C=O) groups excluding carboxylic acids is 2. The number of anilines is 1. The van der Waals surface area contributed by atoms with Crippen molar-refractivity contribution < 1.29 is 18.7 Å². The highest BCUT2D eigenvalue weighted by molar-refractivity contribution is 5.91. The molecule has 3 N–H and O–H groups in total. The van der Waals surface area contributed by atoms with Crippen LogP contribution in [0.4, 0.5) is 10.1 Å². The minimum absolute atomic E-state index is 0.0906. The molecular weight excluding hydrogens is 323 g/mol. The molecule has 0 spiro atoms. The maximum atomic E-state index is 13.2. The van der Waals surface area contributed by atoms with E-state index in [1.54, 1.807) is 36.4 Å². The molecule has 0 aliphatic heterocycles. The summed E-state index contributed by atoms with van der Waals surface area (Å²) in [7, 11) is 0. The van der Waals surface area contributed by atoms with E-state index >= 15 is 0 Å². The van der Waals surface area contributed by atoms with Gasteiger partial charge in [-0.05, 0) is 47.9 Å². The minimum Gasteiger partial charge on any atom is -0.493 e. The normalized spacial score (nSPS) is 11.6. The number of carbonyl (C=O) groups is 2. The van der Waals surface area contributed by atoms with Crippen molar-refractivity contribution in [2.45, 2.75) is 25.7 Å². The highest BCUT2D eigenvalue weighted by atomic mass is 19.1. The van der Waals surface area contributed by atoms with E-state index in [1.165, 1.54) is 12.1 Å². The number of rotatable bonds is 8. The first-order valence-corrected chi connectivity index (χ1v) is 8.00. The van der Waals surface area contributed by atoms with Crippen LogP contribution in [0, 0.1) is 5.82 Å². The Kier molecular flexibility index (Phi) is 6.51. The van der Waals surface area contributed by atoms with Crippen molar-refractivity contribution >= 4 is 17.5 Å². The molecule has 0 aliphatic rings. The number of primary amides is 1. The van der Waals surface area contributed by atoms with Crippen LogP contribution in [0.3, 0.4) is 0 Å². The number of hydrogen-bond donors (Lipinski definition) is 2. The van der Waals surface area contributed by atoms with Crippen molar-refractivity contribution in [3.63, 3.8) is 0 Å². The molecule has 2 aromatic carbocycles. The van der Waals surface area contributed by atoms with Crippen LogP contribution in [-0.2, 0) is 9.59 Å². The van der Waals surface area contributed by atoms with Gasteiger partial charge in [-0.15, -0.1) is 0 Å². The van der Waals surface area contributed by atoms with Crippen molar-refractivity contribution in [2.24, 2.45) is 5.73 Å². The van der Waals surface area contributed by atoms with E-state index in [4.69, 9.17) is 10.5 Å². The second kappa shape index (κ2) is 8.82. The van der Waals surface area contributed by atoms with Crippen molar-refractivity contribution in [2.75, 3.05) is 11.9 Å². The number of ether oxygens (including phenoxy) is 1. The fourth-order valence-electron chi connectivity index (χ4n) is 2.33. The first-order valence-electron chi connectivity index (χ1n) is 8.00. The molecule has 0 saturated heterocycles. The number of amides is 2. The number of nitrogens with one attached hydrogen (secondary N) is 1. The average Bonchev–Trinajstić information content (AvgIpc) is 2.56. The van der Waals surface area contributed by atoms with E-state index < -0.39 is 5.91 Å². The smallest absolute Gasteiger partial charge is 0.224 e. The number of halogens is 1.